The Morgan fingerprint density at radius 3 is 2.38 bits per heavy atom. The second-order valence-electron chi connectivity index (χ2n) is 3.01. The second-order valence-corrected chi connectivity index (χ2v) is 3.01. The number of rotatable bonds is 3. The molecule has 0 saturated carbocycles. The normalized spacial score (nSPS) is 11.4. The smallest absolute Gasteiger partial charge is 0.113 e. The highest BCUT2D eigenvalue weighted by Crippen LogP contribution is 2.01. The van der Waals surface area contributed by atoms with Gasteiger partial charge in [0.1, 0.15) is 11.4 Å². The summed E-state index contributed by atoms with van der Waals surface area (Å²) < 4.78 is 0. The maximum atomic E-state index is 8.91. The van der Waals surface area contributed by atoms with Crippen molar-refractivity contribution in [3.05, 3.63) is 48.6 Å². The first kappa shape index (κ1) is 10.2. The molecule has 6 nitrogen and oxygen atoms in total. The van der Waals surface area contributed by atoms with Gasteiger partial charge in [0.15, 0.2) is 0 Å². The van der Waals surface area contributed by atoms with Gasteiger partial charge in [0, 0.05) is 37.4 Å². The molecule has 0 saturated heterocycles. The first-order valence-electron chi connectivity index (χ1n) is 4.62. The summed E-state index contributed by atoms with van der Waals surface area (Å²) in [7, 11) is 0. The van der Waals surface area contributed by atoms with E-state index in [9.17, 15) is 0 Å². The monoisotopic (exact) mass is 215 g/mol. The molecular weight excluding hydrogens is 206 g/mol. The Labute approximate surface area is 91.7 Å². The fourth-order valence-electron chi connectivity index (χ4n) is 1.22. The average molecular weight is 215 g/mol. The van der Waals surface area contributed by atoms with Gasteiger partial charge in [0.05, 0.1) is 11.9 Å². The van der Waals surface area contributed by atoms with Gasteiger partial charge in [-0.15, -0.1) is 0 Å². The highest BCUT2D eigenvalue weighted by molar-refractivity contribution is 5.99. The molecule has 0 radical (unpaired) electrons. The highest BCUT2D eigenvalue weighted by Gasteiger charge is 2.08. The molecule has 2 heterocycles. The van der Waals surface area contributed by atoms with Gasteiger partial charge in [0.2, 0.25) is 0 Å². The zero-order valence-corrected chi connectivity index (χ0v) is 8.35. The van der Waals surface area contributed by atoms with Crippen LogP contribution in [0.3, 0.4) is 0 Å². The van der Waals surface area contributed by atoms with Crippen LogP contribution in [0.2, 0.25) is 0 Å². The topological polar surface area (TPSA) is 84.2 Å². The Hall–Kier alpha value is -2.37. The van der Waals surface area contributed by atoms with Crippen molar-refractivity contribution in [1.82, 2.24) is 19.9 Å². The van der Waals surface area contributed by atoms with Gasteiger partial charge in [-0.25, -0.2) is 0 Å². The van der Waals surface area contributed by atoms with E-state index < -0.39 is 0 Å². The van der Waals surface area contributed by atoms with E-state index in [1.165, 1.54) is 12.4 Å². The van der Waals surface area contributed by atoms with Gasteiger partial charge in [0.25, 0.3) is 0 Å². The fourth-order valence-corrected chi connectivity index (χ4v) is 1.22. The maximum Gasteiger partial charge on any atom is 0.113 e. The van der Waals surface area contributed by atoms with Crippen LogP contribution in [0.25, 0.3) is 0 Å². The lowest BCUT2D eigenvalue weighted by molar-refractivity contribution is 0.318. The summed E-state index contributed by atoms with van der Waals surface area (Å²) in [5.74, 6) is 0. The van der Waals surface area contributed by atoms with E-state index >= 15 is 0 Å². The van der Waals surface area contributed by atoms with Crippen LogP contribution in [-0.2, 0) is 6.42 Å². The minimum absolute atomic E-state index is 0.364. The zero-order chi connectivity index (χ0) is 11.2. The number of hydrogen-bond acceptors (Lipinski definition) is 6. The largest absolute Gasteiger partial charge is 0.411 e. The lowest BCUT2D eigenvalue weighted by Gasteiger charge is -2.01. The van der Waals surface area contributed by atoms with Gasteiger partial charge in [-0.2, -0.15) is 0 Å². The molecule has 16 heavy (non-hydrogen) atoms. The third-order valence-electron chi connectivity index (χ3n) is 1.94. The molecule has 0 amide bonds. The maximum absolute atomic E-state index is 8.91. The molecular formula is C10H9N5O. The molecule has 0 aliphatic carbocycles. The lowest BCUT2D eigenvalue weighted by Crippen LogP contribution is -2.09. The predicted octanol–water partition coefficient (Wildman–Crippen LogP) is 0.688. The van der Waals surface area contributed by atoms with Crippen molar-refractivity contribution in [2.75, 3.05) is 0 Å². The molecule has 2 aromatic heterocycles. The molecule has 0 aromatic carbocycles. The third kappa shape index (κ3) is 2.35. The van der Waals surface area contributed by atoms with E-state index in [-0.39, 0.29) is 0 Å². The van der Waals surface area contributed by atoms with Crippen LogP contribution in [0.15, 0.2) is 42.3 Å². The van der Waals surface area contributed by atoms with Gasteiger partial charge in [-0.1, -0.05) is 5.16 Å². The summed E-state index contributed by atoms with van der Waals surface area (Å²) >= 11 is 0. The summed E-state index contributed by atoms with van der Waals surface area (Å²) in [4.78, 5) is 16.0. The molecule has 0 unspecified atom stereocenters. The molecule has 0 bridgehead atoms. The quantitative estimate of drug-likeness (QED) is 0.462. The summed E-state index contributed by atoms with van der Waals surface area (Å²) in [5.41, 5.74) is 1.64. The van der Waals surface area contributed by atoms with Crippen molar-refractivity contribution in [3.63, 3.8) is 0 Å². The summed E-state index contributed by atoms with van der Waals surface area (Å²) in [5, 5.41) is 12.1. The summed E-state index contributed by atoms with van der Waals surface area (Å²) in [6.07, 6.45) is 9.77. The third-order valence-corrected chi connectivity index (χ3v) is 1.94. The molecule has 2 rings (SSSR count). The van der Waals surface area contributed by atoms with E-state index in [1.807, 2.05) is 0 Å². The lowest BCUT2D eigenvalue weighted by atomic mass is 10.1. The molecule has 0 aliphatic heterocycles. The molecule has 2 aromatic rings. The number of hydrogen-bond donors (Lipinski definition) is 1. The Balaban J connectivity index is 2.20. The fraction of sp³-hybridized carbons (Fsp3) is 0.100. The SMILES string of the molecule is ON=C(Cc1cnccn1)c1cnccn1. The van der Waals surface area contributed by atoms with Crippen molar-refractivity contribution < 1.29 is 5.21 Å². The molecule has 1 N–H and O–H groups in total. The molecule has 6 heteroatoms. The standard InChI is InChI=1S/C10H9N5O/c16-15-9(10-7-12-2-4-14-10)5-8-6-11-1-3-13-8/h1-4,6-7,16H,5H2. The Bertz CT molecular complexity index is 471. The van der Waals surface area contributed by atoms with Crippen molar-refractivity contribution in [2.45, 2.75) is 6.42 Å². The molecule has 0 aliphatic rings. The minimum atomic E-state index is 0.364. The Morgan fingerprint density at radius 1 is 1.06 bits per heavy atom. The van der Waals surface area contributed by atoms with Crippen LogP contribution in [0.4, 0.5) is 0 Å². The zero-order valence-electron chi connectivity index (χ0n) is 8.35. The van der Waals surface area contributed by atoms with Crippen LogP contribution in [0, 0.1) is 0 Å². The van der Waals surface area contributed by atoms with Crippen molar-refractivity contribution in [3.8, 4) is 0 Å². The number of aromatic nitrogens is 4. The van der Waals surface area contributed by atoms with E-state index in [0.29, 0.717) is 23.5 Å². The molecule has 0 fully saturated rings. The van der Waals surface area contributed by atoms with E-state index in [4.69, 9.17) is 5.21 Å². The van der Waals surface area contributed by atoms with Gasteiger partial charge >= 0.3 is 0 Å². The van der Waals surface area contributed by atoms with E-state index in [1.54, 1.807) is 24.8 Å². The van der Waals surface area contributed by atoms with Crippen LogP contribution in [0.1, 0.15) is 11.4 Å². The number of oxime groups is 1. The Morgan fingerprint density at radius 2 is 1.81 bits per heavy atom. The van der Waals surface area contributed by atoms with Gasteiger partial charge in [-0.05, 0) is 0 Å². The van der Waals surface area contributed by atoms with Crippen LogP contribution in [-0.4, -0.2) is 30.9 Å². The summed E-state index contributed by atoms with van der Waals surface area (Å²) in [6, 6.07) is 0. The predicted molar refractivity (Wildman–Crippen MR) is 56.1 cm³/mol. The van der Waals surface area contributed by atoms with E-state index in [2.05, 4.69) is 25.1 Å². The van der Waals surface area contributed by atoms with Crippen molar-refractivity contribution in [1.29, 1.82) is 0 Å². The van der Waals surface area contributed by atoms with Crippen LogP contribution in [0.5, 0.6) is 0 Å². The van der Waals surface area contributed by atoms with Crippen molar-refractivity contribution >= 4 is 5.71 Å². The van der Waals surface area contributed by atoms with Gasteiger partial charge < -0.3 is 5.21 Å². The van der Waals surface area contributed by atoms with E-state index in [0.717, 1.165) is 0 Å². The first-order valence-corrected chi connectivity index (χ1v) is 4.62. The second kappa shape index (κ2) is 4.92. The Kier molecular flexibility index (Phi) is 3.12. The van der Waals surface area contributed by atoms with Crippen molar-refractivity contribution in [2.24, 2.45) is 5.16 Å². The summed E-state index contributed by atoms with van der Waals surface area (Å²) in [6.45, 7) is 0. The number of nitrogens with zero attached hydrogens (tertiary/aromatic N) is 5. The highest BCUT2D eigenvalue weighted by atomic mass is 16.4. The minimum Gasteiger partial charge on any atom is -0.411 e. The van der Waals surface area contributed by atoms with Crippen LogP contribution >= 0.6 is 0 Å². The molecule has 0 spiro atoms. The van der Waals surface area contributed by atoms with Crippen LogP contribution < -0.4 is 0 Å². The average Bonchev–Trinajstić information content (AvgIpc) is 2.38. The first-order chi connectivity index (χ1) is 7.90. The molecule has 0 atom stereocenters. The van der Waals surface area contributed by atoms with Gasteiger partial charge in [-0.3, -0.25) is 19.9 Å². The molecule has 80 valence electrons.